The number of nitrogens with zero attached hydrogens (tertiary/aromatic N) is 1. The number of rotatable bonds is 4. The minimum Gasteiger partial charge on any atom is -0.493 e. The van der Waals surface area contributed by atoms with Gasteiger partial charge in [-0.2, -0.15) is 0 Å². The number of hydrogen-bond acceptors (Lipinski definition) is 5. The molecular weight excluding hydrogens is 298 g/mol. The molecule has 0 saturated heterocycles. The Labute approximate surface area is 134 Å². The van der Waals surface area contributed by atoms with E-state index in [0.717, 1.165) is 29.3 Å². The predicted octanol–water partition coefficient (Wildman–Crippen LogP) is 3.03. The first-order valence-electron chi connectivity index (χ1n) is 7.28. The van der Waals surface area contributed by atoms with Crippen LogP contribution in [0.1, 0.15) is 28.0 Å². The summed E-state index contributed by atoms with van der Waals surface area (Å²) in [6, 6.07) is 8.01. The van der Waals surface area contributed by atoms with Crippen LogP contribution >= 0.6 is 11.3 Å². The second-order valence-corrected chi connectivity index (χ2v) is 6.65. The molecule has 118 valence electrons. The molecule has 0 bridgehead atoms. The van der Waals surface area contributed by atoms with Gasteiger partial charge in [-0.3, -0.25) is 0 Å². The molecule has 5 heteroatoms. The summed E-state index contributed by atoms with van der Waals surface area (Å²) in [6.07, 6.45) is -0.500. The number of hydrogen-bond donors (Lipinski definition) is 1. The van der Waals surface area contributed by atoms with Crippen molar-refractivity contribution in [3.63, 3.8) is 0 Å². The van der Waals surface area contributed by atoms with Gasteiger partial charge < -0.3 is 19.5 Å². The Kier molecular flexibility index (Phi) is 4.38. The molecule has 0 saturated carbocycles. The molecule has 1 N–H and O–H groups in total. The molecule has 0 radical (unpaired) electrons. The molecule has 22 heavy (non-hydrogen) atoms. The fourth-order valence-corrected chi connectivity index (χ4v) is 3.91. The van der Waals surface area contributed by atoms with Gasteiger partial charge in [0.2, 0.25) is 0 Å². The second kappa shape index (κ2) is 6.28. The predicted molar refractivity (Wildman–Crippen MR) is 87.9 cm³/mol. The topological polar surface area (TPSA) is 41.9 Å². The second-order valence-electron chi connectivity index (χ2n) is 5.67. The minimum atomic E-state index is -0.500. The summed E-state index contributed by atoms with van der Waals surface area (Å²) in [5, 5.41) is 12.8. The summed E-state index contributed by atoms with van der Waals surface area (Å²) in [7, 11) is 5.37. The van der Waals surface area contributed by atoms with E-state index >= 15 is 0 Å². The lowest BCUT2D eigenvalue weighted by Crippen LogP contribution is -2.33. The molecule has 0 amide bonds. The van der Waals surface area contributed by atoms with Gasteiger partial charge in [0.15, 0.2) is 11.5 Å². The first-order chi connectivity index (χ1) is 10.6. The fourth-order valence-electron chi connectivity index (χ4n) is 3.14. The van der Waals surface area contributed by atoms with Gasteiger partial charge in [-0.05, 0) is 41.8 Å². The first kappa shape index (κ1) is 15.3. The number of fused-ring (bicyclic) bond motifs is 1. The molecule has 2 aromatic rings. The highest BCUT2D eigenvalue weighted by atomic mass is 32.1. The van der Waals surface area contributed by atoms with Crippen LogP contribution in [0.4, 0.5) is 0 Å². The smallest absolute Gasteiger partial charge is 0.161 e. The van der Waals surface area contributed by atoms with Crippen molar-refractivity contribution in [2.75, 3.05) is 27.8 Å². The standard InChI is InChI=1S/C17H21NO3S/c1-18-9-11-7-14(20-2)15(21-3)8-12(11)13(10-18)17(19)16-5-4-6-22-16/h4-8,13,17,19H,9-10H2,1-3H3. The largest absolute Gasteiger partial charge is 0.493 e. The highest BCUT2D eigenvalue weighted by molar-refractivity contribution is 7.10. The van der Waals surface area contributed by atoms with E-state index in [9.17, 15) is 5.11 Å². The summed E-state index contributed by atoms with van der Waals surface area (Å²) >= 11 is 1.59. The average molecular weight is 319 g/mol. The number of aliphatic hydroxyl groups excluding tert-OH is 1. The third-order valence-corrected chi connectivity index (χ3v) is 5.15. The molecule has 1 aromatic carbocycles. The summed E-state index contributed by atoms with van der Waals surface area (Å²) in [4.78, 5) is 3.23. The van der Waals surface area contributed by atoms with Crippen LogP contribution in [0, 0.1) is 0 Å². The lowest BCUT2D eigenvalue weighted by Gasteiger charge is -2.35. The van der Waals surface area contributed by atoms with E-state index < -0.39 is 6.10 Å². The minimum absolute atomic E-state index is 0.0345. The van der Waals surface area contributed by atoms with Crippen molar-refractivity contribution in [1.29, 1.82) is 0 Å². The molecule has 0 aliphatic carbocycles. The molecule has 4 nitrogen and oxygen atoms in total. The number of likely N-dealkylation sites (N-methyl/N-ethyl adjacent to an activating group) is 1. The molecule has 2 unspecified atom stereocenters. The molecule has 0 fully saturated rings. The zero-order chi connectivity index (χ0) is 15.7. The quantitative estimate of drug-likeness (QED) is 0.940. The van der Waals surface area contributed by atoms with Gasteiger partial charge in [-0.1, -0.05) is 6.07 Å². The van der Waals surface area contributed by atoms with Gasteiger partial charge in [0.25, 0.3) is 0 Å². The van der Waals surface area contributed by atoms with Gasteiger partial charge in [0, 0.05) is 23.9 Å². The van der Waals surface area contributed by atoms with Gasteiger partial charge in [0.1, 0.15) is 0 Å². The maximum absolute atomic E-state index is 10.8. The molecule has 0 spiro atoms. The Morgan fingerprint density at radius 3 is 2.64 bits per heavy atom. The molecule has 3 rings (SSSR count). The number of ether oxygens (including phenoxy) is 2. The fraction of sp³-hybridized carbons (Fsp3) is 0.412. The van der Waals surface area contributed by atoms with Crippen LogP contribution in [0.5, 0.6) is 11.5 Å². The SMILES string of the molecule is COc1cc2c(cc1OC)C(C(O)c1cccs1)CN(C)C2. The van der Waals surface area contributed by atoms with Crippen LogP contribution in [0.3, 0.4) is 0 Å². The van der Waals surface area contributed by atoms with Crippen molar-refractivity contribution in [1.82, 2.24) is 4.90 Å². The number of methoxy groups -OCH3 is 2. The Morgan fingerprint density at radius 1 is 1.27 bits per heavy atom. The first-order valence-corrected chi connectivity index (χ1v) is 8.16. The van der Waals surface area contributed by atoms with Gasteiger partial charge >= 0.3 is 0 Å². The van der Waals surface area contributed by atoms with Crippen LogP contribution in [0.15, 0.2) is 29.6 Å². The summed E-state index contributed by atoms with van der Waals surface area (Å²) in [6.45, 7) is 1.67. The van der Waals surface area contributed by atoms with Crippen LogP contribution in [0.25, 0.3) is 0 Å². The third kappa shape index (κ3) is 2.72. The maximum Gasteiger partial charge on any atom is 0.161 e. The molecule has 2 heterocycles. The van der Waals surface area contributed by atoms with Crippen LogP contribution < -0.4 is 9.47 Å². The highest BCUT2D eigenvalue weighted by Crippen LogP contribution is 2.42. The Morgan fingerprint density at radius 2 is 2.00 bits per heavy atom. The van der Waals surface area contributed by atoms with Crippen molar-refractivity contribution in [2.24, 2.45) is 0 Å². The summed E-state index contributed by atoms with van der Waals surface area (Å²) in [5.74, 6) is 1.49. The molecule has 1 aliphatic rings. The van der Waals surface area contributed by atoms with Crippen molar-refractivity contribution in [3.8, 4) is 11.5 Å². The van der Waals surface area contributed by atoms with Crippen molar-refractivity contribution < 1.29 is 14.6 Å². The Hall–Kier alpha value is -1.56. The summed E-state index contributed by atoms with van der Waals surface area (Å²) in [5.41, 5.74) is 2.34. The van der Waals surface area contributed by atoms with E-state index in [0.29, 0.717) is 5.75 Å². The van der Waals surface area contributed by atoms with E-state index in [1.165, 1.54) is 5.56 Å². The number of benzene rings is 1. The average Bonchev–Trinajstić information content (AvgIpc) is 3.06. The Bertz CT molecular complexity index is 642. The van der Waals surface area contributed by atoms with Crippen LogP contribution in [-0.4, -0.2) is 37.8 Å². The number of thiophene rings is 1. The summed E-state index contributed by atoms with van der Waals surface area (Å²) < 4.78 is 10.8. The van der Waals surface area contributed by atoms with E-state index in [2.05, 4.69) is 11.9 Å². The maximum atomic E-state index is 10.8. The number of aliphatic hydroxyl groups is 1. The normalized spacial score (nSPS) is 19.5. The van der Waals surface area contributed by atoms with Gasteiger partial charge in [-0.25, -0.2) is 0 Å². The Balaban J connectivity index is 2.04. The van der Waals surface area contributed by atoms with Gasteiger partial charge in [-0.15, -0.1) is 11.3 Å². The lowest BCUT2D eigenvalue weighted by molar-refractivity contribution is 0.116. The van der Waals surface area contributed by atoms with E-state index in [1.807, 2.05) is 29.6 Å². The van der Waals surface area contributed by atoms with Gasteiger partial charge in [0.05, 0.1) is 20.3 Å². The monoisotopic (exact) mass is 319 g/mol. The van der Waals surface area contributed by atoms with Crippen molar-refractivity contribution in [3.05, 3.63) is 45.6 Å². The zero-order valence-corrected chi connectivity index (χ0v) is 13.9. The molecule has 1 aromatic heterocycles. The van der Waals surface area contributed by atoms with E-state index in [4.69, 9.17) is 9.47 Å². The van der Waals surface area contributed by atoms with Crippen LogP contribution in [-0.2, 0) is 6.54 Å². The lowest BCUT2D eigenvalue weighted by atomic mass is 9.85. The van der Waals surface area contributed by atoms with E-state index in [1.54, 1.807) is 25.6 Å². The van der Waals surface area contributed by atoms with Crippen molar-refractivity contribution in [2.45, 2.75) is 18.6 Å². The highest BCUT2D eigenvalue weighted by Gasteiger charge is 2.31. The molecule has 1 aliphatic heterocycles. The zero-order valence-electron chi connectivity index (χ0n) is 13.1. The van der Waals surface area contributed by atoms with E-state index in [-0.39, 0.29) is 5.92 Å². The third-order valence-electron chi connectivity index (χ3n) is 4.21. The van der Waals surface area contributed by atoms with Crippen LogP contribution in [0.2, 0.25) is 0 Å². The molecule has 2 atom stereocenters. The molecular formula is C17H21NO3S. The van der Waals surface area contributed by atoms with Crippen molar-refractivity contribution >= 4 is 11.3 Å².